The van der Waals surface area contributed by atoms with E-state index in [4.69, 9.17) is 0 Å². The first-order chi connectivity index (χ1) is 12.7. The summed E-state index contributed by atoms with van der Waals surface area (Å²) < 4.78 is 0. The summed E-state index contributed by atoms with van der Waals surface area (Å²) in [6.07, 6.45) is 23.6. The van der Waals surface area contributed by atoms with Crippen LogP contribution in [0.15, 0.2) is 24.3 Å². The van der Waals surface area contributed by atoms with Crippen molar-refractivity contribution in [2.75, 3.05) is 0 Å². The Bertz CT molecular complexity index is 492. The van der Waals surface area contributed by atoms with Gasteiger partial charge in [0.25, 0.3) is 0 Å². The van der Waals surface area contributed by atoms with E-state index in [1.54, 1.807) is 5.57 Å². The molecule has 4 aliphatic rings. The van der Waals surface area contributed by atoms with Crippen LogP contribution in [0.5, 0.6) is 0 Å². The zero-order valence-corrected chi connectivity index (χ0v) is 16.7. The molecule has 0 aromatic carbocycles. The first kappa shape index (κ1) is 18.8. The Balaban J connectivity index is 1.28. The van der Waals surface area contributed by atoms with Gasteiger partial charge in [-0.05, 0) is 93.8 Å². The Morgan fingerprint density at radius 1 is 0.808 bits per heavy atom. The molecule has 146 valence electrons. The van der Waals surface area contributed by atoms with Crippen molar-refractivity contribution in [2.24, 2.45) is 35.5 Å². The molecule has 0 radical (unpaired) electrons. The topological polar surface area (TPSA) is 20.2 Å². The van der Waals surface area contributed by atoms with Gasteiger partial charge in [0.05, 0.1) is 6.10 Å². The summed E-state index contributed by atoms with van der Waals surface area (Å²) in [7, 11) is 0. The Hall–Kier alpha value is -0.560. The highest BCUT2D eigenvalue weighted by Crippen LogP contribution is 2.46. The van der Waals surface area contributed by atoms with Gasteiger partial charge in [-0.15, -0.1) is 6.58 Å². The van der Waals surface area contributed by atoms with E-state index in [1.165, 1.54) is 83.5 Å². The highest BCUT2D eigenvalue weighted by Gasteiger charge is 2.37. The van der Waals surface area contributed by atoms with Gasteiger partial charge in [0.15, 0.2) is 0 Å². The number of aliphatic hydroxyl groups is 1. The summed E-state index contributed by atoms with van der Waals surface area (Å²) in [5.74, 6) is 4.89. The predicted octanol–water partition coefficient (Wildman–Crippen LogP) is 6.67. The van der Waals surface area contributed by atoms with E-state index in [1.807, 2.05) is 0 Å². The highest BCUT2D eigenvalue weighted by atomic mass is 16.3. The Morgan fingerprint density at radius 3 is 2.12 bits per heavy atom. The second-order valence-electron chi connectivity index (χ2n) is 10.0. The third-order valence-electron chi connectivity index (χ3n) is 8.70. The second kappa shape index (κ2) is 8.63. The molecule has 0 aliphatic heterocycles. The molecule has 0 saturated heterocycles. The standard InChI is InChI=1S/C25H40O/c1-2-18-7-9-20(10-8-18)21-11-13-22(14-12-21)24-16-15-23(17-25(24)26)19-5-3-4-6-19/h2,13,18-21,23-26H,1,3-12,14-17H2. The van der Waals surface area contributed by atoms with E-state index in [0.717, 1.165) is 36.0 Å². The van der Waals surface area contributed by atoms with E-state index in [-0.39, 0.29) is 6.10 Å². The molecule has 4 aliphatic carbocycles. The largest absolute Gasteiger partial charge is 0.392 e. The average molecular weight is 357 g/mol. The third-order valence-corrected chi connectivity index (χ3v) is 8.70. The van der Waals surface area contributed by atoms with Gasteiger partial charge in [-0.1, -0.05) is 43.4 Å². The van der Waals surface area contributed by atoms with E-state index < -0.39 is 0 Å². The Morgan fingerprint density at radius 2 is 1.50 bits per heavy atom. The van der Waals surface area contributed by atoms with Crippen molar-refractivity contribution in [1.29, 1.82) is 0 Å². The van der Waals surface area contributed by atoms with Crippen molar-refractivity contribution in [3.8, 4) is 0 Å². The molecule has 3 saturated carbocycles. The minimum absolute atomic E-state index is 0.0554. The smallest absolute Gasteiger partial charge is 0.0608 e. The molecule has 0 spiro atoms. The van der Waals surface area contributed by atoms with Crippen molar-refractivity contribution < 1.29 is 5.11 Å². The van der Waals surface area contributed by atoms with Crippen LogP contribution in [0.25, 0.3) is 0 Å². The van der Waals surface area contributed by atoms with Crippen LogP contribution in [0.2, 0.25) is 0 Å². The lowest BCUT2D eigenvalue weighted by atomic mass is 9.67. The van der Waals surface area contributed by atoms with Gasteiger partial charge in [-0.2, -0.15) is 0 Å². The summed E-state index contributed by atoms with van der Waals surface area (Å²) >= 11 is 0. The Kier molecular flexibility index (Phi) is 6.24. The van der Waals surface area contributed by atoms with Crippen LogP contribution in [0, 0.1) is 35.5 Å². The van der Waals surface area contributed by atoms with Crippen LogP contribution in [-0.4, -0.2) is 11.2 Å². The van der Waals surface area contributed by atoms with Gasteiger partial charge in [0, 0.05) is 5.92 Å². The van der Waals surface area contributed by atoms with Crippen molar-refractivity contribution in [3.05, 3.63) is 24.3 Å². The molecule has 0 amide bonds. The zero-order chi connectivity index (χ0) is 17.9. The predicted molar refractivity (Wildman–Crippen MR) is 110 cm³/mol. The maximum atomic E-state index is 10.9. The fraction of sp³-hybridized carbons (Fsp3) is 0.840. The summed E-state index contributed by atoms with van der Waals surface area (Å²) in [6.45, 7) is 3.99. The number of rotatable bonds is 4. The van der Waals surface area contributed by atoms with Crippen LogP contribution < -0.4 is 0 Å². The first-order valence-corrected chi connectivity index (χ1v) is 11.7. The van der Waals surface area contributed by atoms with Crippen LogP contribution in [0.1, 0.15) is 89.9 Å². The summed E-state index contributed by atoms with van der Waals surface area (Å²) in [6, 6.07) is 0. The van der Waals surface area contributed by atoms with Crippen molar-refractivity contribution in [1.82, 2.24) is 0 Å². The van der Waals surface area contributed by atoms with Crippen LogP contribution in [0.4, 0.5) is 0 Å². The first-order valence-electron chi connectivity index (χ1n) is 11.7. The molecule has 0 bridgehead atoms. The van der Waals surface area contributed by atoms with Gasteiger partial charge >= 0.3 is 0 Å². The lowest BCUT2D eigenvalue weighted by Crippen LogP contribution is -2.34. The number of allylic oxidation sites excluding steroid dienone is 2. The van der Waals surface area contributed by atoms with Gasteiger partial charge in [0.1, 0.15) is 0 Å². The van der Waals surface area contributed by atoms with Crippen molar-refractivity contribution >= 4 is 0 Å². The second-order valence-corrected chi connectivity index (χ2v) is 10.0. The highest BCUT2D eigenvalue weighted by molar-refractivity contribution is 5.14. The maximum absolute atomic E-state index is 10.9. The average Bonchev–Trinajstić information content (AvgIpc) is 3.23. The number of aliphatic hydroxyl groups excluding tert-OH is 1. The summed E-state index contributed by atoms with van der Waals surface area (Å²) in [5, 5.41) is 10.9. The van der Waals surface area contributed by atoms with Crippen molar-refractivity contribution in [3.63, 3.8) is 0 Å². The summed E-state index contributed by atoms with van der Waals surface area (Å²) in [4.78, 5) is 0. The minimum Gasteiger partial charge on any atom is -0.392 e. The van der Waals surface area contributed by atoms with Crippen molar-refractivity contribution in [2.45, 2.75) is 96.0 Å². The monoisotopic (exact) mass is 356 g/mol. The third kappa shape index (κ3) is 4.13. The molecule has 3 fully saturated rings. The van der Waals surface area contributed by atoms with Crippen LogP contribution >= 0.6 is 0 Å². The molecule has 4 unspecified atom stereocenters. The molecule has 1 N–H and O–H groups in total. The fourth-order valence-corrected chi connectivity index (χ4v) is 6.96. The maximum Gasteiger partial charge on any atom is 0.0608 e. The van der Waals surface area contributed by atoms with Crippen LogP contribution in [-0.2, 0) is 0 Å². The molecule has 1 nitrogen and oxygen atoms in total. The lowest BCUT2D eigenvalue weighted by molar-refractivity contribution is 0.0411. The number of hydrogen-bond acceptors (Lipinski definition) is 1. The fourth-order valence-electron chi connectivity index (χ4n) is 6.96. The zero-order valence-electron chi connectivity index (χ0n) is 16.7. The molecule has 4 atom stereocenters. The lowest BCUT2D eigenvalue weighted by Gasteiger charge is -2.40. The summed E-state index contributed by atoms with van der Waals surface area (Å²) in [5.41, 5.74) is 1.62. The van der Waals surface area contributed by atoms with E-state index in [9.17, 15) is 5.11 Å². The molecule has 0 aromatic rings. The SMILES string of the molecule is C=CC1CCC(C2CC=C(C3CCC(C4CCCC4)CC3O)CC2)CC1. The molecule has 4 rings (SSSR count). The van der Waals surface area contributed by atoms with E-state index >= 15 is 0 Å². The number of hydrogen-bond donors (Lipinski definition) is 1. The quantitative estimate of drug-likeness (QED) is 0.557. The molecule has 0 heterocycles. The van der Waals surface area contributed by atoms with Gasteiger partial charge in [0.2, 0.25) is 0 Å². The van der Waals surface area contributed by atoms with Gasteiger partial charge in [-0.25, -0.2) is 0 Å². The normalized spacial score (nSPS) is 42.4. The van der Waals surface area contributed by atoms with Gasteiger partial charge < -0.3 is 5.11 Å². The minimum atomic E-state index is -0.0554. The molecule has 1 heteroatoms. The molecule has 0 aromatic heterocycles. The molecular formula is C25H40O. The molecule has 26 heavy (non-hydrogen) atoms. The van der Waals surface area contributed by atoms with E-state index in [0.29, 0.717) is 5.92 Å². The van der Waals surface area contributed by atoms with Crippen LogP contribution in [0.3, 0.4) is 0 Å². The van der Waals surface area contributed by atoms with E-state index in [2.05, 4.69) is 18.7 Å². The molecular weight excluding hydrogens is 316 g/mol. The van der Waals surface area contributed by atoms with Gasteiger partial charge in [-0.3, -0.25) is 0 Å². The Labute approximate surface area is 161 Å².